The Morgan fingerprint density at radius 2 is 2.31 bits per heavy atom. The van der Waals surface area contributed by atoms with E-state index in [1.807, 2.05) is 6.92 Å². The quantitative estimate of drug-likeness (QED) is 0.516. The maximum absolute atomic E-state index is 11.3. The van der Waals surface area contributed by atoms with Crippen LogP contribution in [0.2, 0.25) is 0 Å². The second-order valence-corrected chi connectivity index (χ2v) is 3.53. The van der Waals surface area contributed by atoms with Gasteiger partial charge in [-0.05, 0) is 25.7 Å². The normalized spacial score (nSPS) is 15.5. The van der Waals surface area contributed by atoms with Gasteiger partial charge in [0.15, 0.2) is 0 Å². The van der Waals surface area contributed by atoms with Crippen molar-refractivity contribution in [3.63, 3.8) is 0 Å². The summed E-state index contributed by atoms with van der Waals surface area (Å²) in [6, 6.07) is 0. The van der Waals surface area contributed by atoms with Crippen LogP contribution in [0.25, 0.3) is 0 Å². The Bertz CT molecular complexity index is 220. The van der Waals surface area contributed by atoms with Gasteiger partial charge in [-0.25, -0.2) is 0 Å². The van der Waals surface area contributed by atoms with Crippen LogP contribution >= 0.6 is 0 Å². The van der Waals surface area contributed by atoms with Gasteiger partial charge in [-0.1, -0.05) is 6.42 Å². The van der Waals surface area contributed by atoms with Crippen molar-refractivity contribution in [2.45, 2.75) is 39.0 Å². The minimum atomic E-state index is 0.197. The van der Waals surface area contributed by atoms with Crippen LogP contribution in [-0.2, 0) is 4.79 Å². The lowest BCUT2D eigenvalue weighted by atomic mass is 9.83. The van der Waals surface area contributed by atoms with Crippen molar-refractivity contribution in [3.05, 3.63) is 0 Å². The van der Waals surface area contributed by atoms with E-state index in [-0.39, 0.29) is 5.91 Å². The monoisotopic (exact) mass is 179 g/mol. The smallest absolute Gasteiger partial charge is 0.220 e. The highest BCUT2D eigenvalue weighted by atomic mass is 16.1. The molecule has 0 aromatic heterocycles. The molecule has 1 aliphatic rings. The van der Waals surface area contributed by atoms with Gasteiger partial charge in [0.1, 0.15) is 0 Å². The van der Waals surface area contributed by atoms with E-state index in [1.54, 1.807) is 0 Å². The second kappa shape index (κ2) is 5.64. The zero-order valence-corrected chi connectivity index (χ0v) is 8.23. The summed E-state index contributed by atoms with van der Waals surface area (Å²) < 4.78 is 0. The lowest BCUT2D eigenvalue weighted by Gasteiger charge is -2.24. The van der Waals surface area contributed by atoms with E-state index in [9.17, 15) is 4.79 Å². The Hall–Kier alpha value is -0.970. The van der Waals surface area contributed by atoms with E-state index in [0.29, 0.717) is 12.5 Å². The molecule has 0 aliphatic heterocycles. The van der Waals surface area contributed by atoms with Crippen molar-refractivity contribution >= 4 is 5.91 Å². The van der Waals surface area contributed by atoms with Crippen molar-refractivity contribution in [1.29, 1.82) is 0 Å². The number of rotatable bonds is 4. The standard InChI is InChI=1S/C11H17NO/c1-2-3-4-8-12-11(13)9-10-6-5-7-10/h10H,4-9H2,1H3,(H,12,13). The first-order valence-electron chi connectivity index (χ1n) is 4.99. The van der Waals surface area contributed by atoms with Crippen LogP contribution < -0.4 is 5.32 Å². The van der Waals surface area contributed by atoms with Crippen LogP contribution in [0.4, 0.5) is 0 Å². The third kappa shape index (κ3) is 3.98. The lowest BCUT2D eigenvalue weighted by Crippen LogP contribution is -2.28. The van der Waals surface area contributed by atoms with Gasteiger partial charge in [0.05, 0.1) is 0 Å². The molecule has 1 rings (SSSR count). The molecule has 2 heteroatoms. The van der Waals surface area contributed by atoms with Gasteiger partial charge in [0.2, 0.25) is 5.91 Å². The molecule has 0 saturated heterocycles. The molecule has 0 unspecified atom stereocenters. The van der Waals surface area contributed by atoms with E-state index in [4.69, 9.17) is 0 Å². The molecule has 0 bridgehead atoms. The van der Waals surface area contributed by atoms with Gasteiger partial charge in [-0.2, -0.15) is 0 Å². The molecule has 13 heavy (non-hydrogen) atoms. The minimum absolute atomic E-state index is 0.197. The molecule has 72 valence electrons. The van der Waals surface area contributed by atoms with E-state index in [0.717, 1.165) is 12.8 Å². The van der Waals surface area contributed by atoms with E-state index in [2.05, 4.69) is 17.2 Å². The Balaban J connectivity index is 1.99. The third-order valence-electron chi connectivity index (χ3n) is 2.45. The summed E-state index contributed by atoms with van der Waals surface area (Å²) in [5.41, 5.74) is 0. The first-order chi connectivity index (χ1) is 6.33. The van der Waals surface area contributed by atoms with Crippen LogP contribution in [0.1, 0.15) is 39.0 Å². The largest absolute Gasteiger partial charge is 0.355 e. The predicted octanol–water partition coefficient (Wildman–Crippen LogP) is 1.71. The fourth-order valence-electron chi connectivity index (χ4n) is 1.42. The number of nitrogens with one attached hydrogen (secondary N) is 1. The number of hydrogen-bond donors (Lipinski definition) is 1. The molecular formula is C11H17NO. The summed E-state index contributed by atoms with van der Waals surface area (Å²) in [6.45, 7) is 2.52. The summed E-state index contributed by atoms with van der Waals surface area (Å²) in [5, 5.41) is 2.88. The van der Waals surface area contributed by atoms with Gasteiger partial charge in [-0.15, -0.1) is 11.8 Å². The lowest BCUT2D eigenvalue weighted by molar-refractivity contribution is -0.122. The summed E-state index contributed by atoms with van der Waals surface area (Å²) in [4.78, 5) is 11.3. The molecule has 1 amide bonds. The van der Waals surface area contributed by atoms with Gasteiger partial charge in [-0.3, -0.25) is 4.79 Å². The molecule has 1 saturated carbocycles. The molecule has 1 fully saturated rings. The second-order valence-electron chi connectivity index (χ2n) is 3.53. The van der Waals surface area contributed by atoms with Crippen LogP contribution in [0.15, 0.2) is 0 Å². The number of carbonyl (C=O) groups is 1. The molecule has 0 heterocycles. The van der Waals surface area contributed by atoms with Crippen molar-refractivity contribution in [2.24, 2.45) is 5.92 Å². The van der Waals surface area contributed by atoms with E-state index in [1.165, 1.54) is 19.3 Å². The van der Waals surface area contributed by atoms with Crippen molar-refractivity contribution in [3.8, 4) is 11.8 Å². The third-order valence-corrected chi connectivity index (χ3v) is 2.45. The van der Waals surface area contributed by atoms with Gasteiger partial charge in [0, 0.05) is 19.4 Å². The van der Waals surface area contributed by atoms with Gasteiger partial charge < -0.3 is 5.32 Å². The first kappa shape index (κ1) is 10.1. The Morgan fingerprint density at radius 3 is 2.85 bits per heavy atom. The van der Waals surface area contributed by atoms with Crippen LogP contribution in [-0.4, -0.2) is 12.5 Å². The maximum atomic E-state index is 11.3. The molecule has 0 spiro atoms. The average Bonchev–Trinajstić information content (AvgIpc) is 2.06. The summed E-state index contributed by atoms with van der Waals surface area (Å²) >= 11 is 0. The molecule has 1 aliphatic carbocycles. The number of carbonyl (C=O) groups excluding carboxylic acids is 1. The Kier molecular flexibility index (Phi) is 4.39. The zero-order valence-electron chi connectivity index (χ0n) is 8.23. The molecule has 1 N–H and O–H groups in total. The van der Waals surface area contributed by atoms with Gasteiger partial charge >= 0.3 is 0 Å². The molecule has 0 radical (unpaired) electrons. The van der Waals surface area contributed by atoms with Crippen molar-refractivity contribution < 1.29 is 4.79 Å². The highest BCUT2D eigenvalue weighted by Crippen LogP contribution is 2.28. The summed E-state index contributed by atoms with van der Waals surface area (Å²) in [7, 11) is 0. The SMILES string of the molecule is CC#CCCNC(=O)CC1CCC1. The fraction of sp³-hybridized carbons (Fsp3) is 0.727. The molecular weight excluding hydrogens is 162 g/mol. The Morgan fingerprint density at radius 1 is 1.54 bits per heavy atom. The molecule has 0 atom stereocenters. The average molecular weight is 179 g/mol. The molecule has 0 aromatic carbocycles. The van der Waals surface area contributed by atoms with Crippen LogP contribution in [0, 0.1) is 17.8 Å². The van der Waals surface area contributed by atoms with Gasteiger partial charge in [0.25, 0.3) is 0 Å². The van der Waals surface area contributed by atoms with E-state index >= 15 is 0 Å². The zero-order chi connectivity index (χ0) is 9.52. The minimum Gasteiger partial charge on any atom is -0.355 e. The topological polar surface area (TPSA) is 29.1 Å². The summed E-state index contributed by atoms with van der Waals surface area (Å²) in [6.07, 6.45) is 5.27. The van der Waals surface area contributed by atoms with Crippen molar-refractivity contribution in [1.82, 2.24) is 5.32 Å². The Labute approximate surface area is 80.1 Å². The van der Waals surface area contributed by atoms with Crippen LogP contribution in [0.5, 0.6) is 0 Å². The van der Waals surface area contributed by atoms with Crippen molar-refractivity contribution in [2.75, 3.05) is 6.54 Å². The fourth-order valence-corrected chi connectivity index (χ4v) is 1.42. The highest BCUT2D eigenvalue weighted by molar-refractivity contribution is 5.76. The first-order valence-corrected chi connectivity index (χ1v) is 4.99. The molecule has 2 nitrogen and oxygen atoms in total. The summed E-state index contributed by atoms with van der Waals surface area (Å²) in [5.74, 6) is 6.58. The maximum Gasteiger partial charge on any atom is 0.220 e. The highest BCUT2D eigenvalue weighted by Gasteiger charge is 2.19. The van der Waals surface area contributed by atoms with E-state index < -0.39 is 0 Å². The van der Waals surface area contributed by atoms with Crippen LogP contribution in [0.3, 0.4) is 0 Å². The predicted molar refractivity (Wildman–Crippen MR) is 53.0 cm³/mol. The number of amides is 1. The molecule has 0 aromatic rings. The number of hydrogen-bond acceptors (Lipinski definition) is 1.